The molecule has 0 aliphatic carbocycles. The summed E-state index contributed by atoms with van der Waals surface area (Å²) in [5, 5.41) is 10.3. The molecule has 15 heavy (non-hydrogen) atoms. The fourth-order valence-electron chi connectivity index (χ4n) is 1.09. The molecule has 8 heteroatoms. The summed E-state index contributed by atoms with van der Waals surface area (Å²) in [6.45, 7) is 0.709. The molecular formula is C7H8N2O4S2. The number of nitrogens with two attached hydrogens (primary N) is 1. The summed E-state index contributed by atoms with van der Waals surface area (Å²) in [4.78, 5) is 5.19. The van der Waals surface area contributed by atoms with E-state index in [4.69, 9.17) is 14.7 Å². The van der Waals surface area contributed by atoms with Crippen LogP contribution in [0.3, 0.4) is 0 Å². The lowest BCUT2D eigenvalue weighted by Gasteiger charge is -2.12. The summed E-state index contributed by atoms with van der Waals surface area (Å²) < 4.78 is 27.6. The first kappa shape index (κ1) is 10.4. The van der Waals surface area contributed by atoms with Gasteiger partial charge in [0.05, 0.1) is 0 Å². The average Bonchev–Trinajstić information content (AvgIpc) is 2.67. The molecule has 0 saturated heterocycles. The van der Waals surface area contributed by atoms with Gasteiger partial charge in [-0.05, 0) is 16.6 Å². The van der Waals surface area contributed by atoms with Crippen LogP contribution in [-0.2, 0) is 19.6 Å². The predicted octanol–water partition coefficient (Wildman–Crippen LogP) is 0.104. The van der Waals surface area contributed by atoms with Crippen LogP contribution in [0.2, 0.25) is 0 Å². The van der Waals surface area contributed by atoms with Gasteiger partial charge in [-0.2, -0.15) is 0 Å². The van der Waals surface area contributed by atoms with Crippen LogP contribution < -0.4 is 5.14 Å². The maximum Gasteiger partial charge on any atom is 0.269 e. The number of ether oxygens (including phenoxy) is 1. The SMILES string of the molecule is NS(=O)(=O)c1ccsc1C1=NOCCO1. The van der Waals surface area contributed by atoms with Crippen molar-refractivity contribution in [2.24, 2.45) is 10.3 Å². The Balaban J connectivity index is 2.45. The van der Waals surface area contributed by atoms with Crippen molar-refractivity contribution < 1.29 is 18.0 Å². The number of nitrogens with zero attached hydrogens (tertiary/aromatic N) is 1. The predicted molar refractivity (Wildman–Crippen MR) is 54.1 cm³/mol. The number of oxime groups is 1. The normalized spacial score (nSPS) is 16.5. The summed E-state index contributed by atoms with van der Waals surface area (Å²) in [6.07, 6.45) is 0. The van der Waals surface area contributed by atoms with Gasteiger partial charge in [-0.25, -0.2) is 13.6 Å². The average molecular weight is 248 g/mol. The summed E-state index contributed by atoms with van der Waals surface area (Å²) >= 11 is 1.19. The molecule has 2 N–H and O–H groups in total. The van der Waals surface area contributed by atoms with Crippen molar-refractivity contribution in [2.45, 2.75) is 4.90 Å². The highest BCUT2D eigenvalue weighted by Crippen LogP contribution is 2.23. The molecule has 1 aliphatic rings. The smallest absolute Gasteiger partial charge is 0.269 e. The molecule has 0 atom stereocenters. The fourth-order valence-corrected chi connectivity index (χ4v) is 2.99. The van der Waals surface area contributed by atoms with Gasteiger partial charge in [-0.1, -0.05) is 0 Å². The molecule has 0 saturated carbocycles. The Morgan fingerprint density at radius 3 is 2.87 bits per heavy atom. The van der Waals surface area contributed by atoms with E-state index in [1.54, 1.807) is 5.38 Å². The summed E-state index contributed by atoms with van der Waals surface area (Å²) in [5.41, 5.74) is 0. The molecule has 82 valence electrons. The Hall–Kier alpha value is -1.12. The second-order valence-electron chi connectivity index (χ2n) is 2.74. The summed E-state index contributed by atoms with van der Waals surface area (Å²) in [7, 11) is -3.75. The Labute approximate surface area is 90.3 Å². The van der Waals surface area contributed by atoms with Crippen LogP contribution in [-0.4, -0.2) is 27.5 Å². The molecule has 0 radical (unpaired) electrons. The van der Waals surface area contributed by atoms with E-state index in [2.05, 4.69) is 5.16 Å². The Bertz CT molecular complexity index is 491. The first-order valence-corrected chi connectivity index (χ1v) is 6.45. The van der Waals surface area contributed by atoms with Gasteiger partial charge in [-0.3, -0.25) is 0 Å². The summed E-state index contributed by atoms with van der Waals surface area (Å²) in [6, 6.07) is 1.41. The lowest BCUT2D eigenvalue weighted by atomic mass is 10.4. The number of rotatable bonds is 2. The van der Waals surface area contributed by atoms with Gasteiger partial charge in [0, 0.05) is 0 Å². The lowest BCUT2D eigenvalue weighted by Crippen LogP contribution is -2.20. The first-order valence-electron chi connectivity index (χ1n) is 4.02. The van der Waals surface area contributed by atoms with Gasteiger partial charge in [0.25, 0.3) is 5.90 Å². The number of thiophene rings is 1. The topological polar surface area (TPSA) is 91.0 Å². The molecule has 1 aromatic heterocycles. The van der Waals surface area contributed by atoms with Crippen LogP contribution in [0.25, 0.3) is 0 Å². The molecule has 1 aliphatic heterocycles. The molecule has 1 aromatic rings. The van der Waals surface area contributed by atoms with Crippen LogP contribution in [0, 0.1) is 0 Å². The highest BCUT2D eigenvalue weighted by molar-refractivity contribution is 7.89. The maximum absolute atomic E-state index is 11.2. The number of primary sulfonamides is 1. The van der Waals surface area contributed by atoms with Gasteiger partial charge in [0.2, 0.25) is 10.0 Å². The second-order valence-corrected chi connectivity index (χ2v) is 5.18. The van der Waals surface area contributed by atoms with E-state index in [1.807, 2.05) is 0 Å². The Kier molecular flexibility index (Phi) is 2.63. The highest BCUT2D eigenvalue weighted by Gasteiger charge is 2.22. The lowest BCUT2D eigenvalue weighted by molar-refractivity contribution is 0.0656. The fraction of sp³-hybridized carbons (Fsp3) is 0.286. The molecule has 0 amide bonds. The zero-order valence-electron chi connectivity index (χ0n) is 7.54. The third kappa shape index (κ3) is 2.11. The van der Waals surface area contributed by atoms with Crippen LogP contribution >= 0.6 is 11.3 Å². The minimum atomic E-state index is -3.75. The van der Waals surface area contributed by atoms with Crippen molar-refractivity contribution in [3.8, 4) is 0 Å². The molecule has 0 unspecified atom stereocenters. The third-order valence-corrected chi connectivity index (χ3v) is 3.68. The minimum Gasteiger partial charge on any atom is -0.471 e. The van der Waals surface area contributed by atoms with Crippen LogP contribution in [0.15, 0.2) is 21.5 Å². The van der Waals surface area contributed by atoms with E-state index in [0.29, 0.717) is 18.1 Å². The zero-order valence-corrected chi connectivity index (χ0v) is 9.18. The Morgan fingerprint density at radius 2 is 2.27 bits per heavy atom. The van der Waals surface area contributed by atoms with Crippen molar-refractivity contribution >= 4 is 27.3 Å². The third-order valence-electron chi connectivity index (χ3n) is 1.69. The quantitative estimate of drug-likeness (QED) is 0.803. The summed E-state index contributed by atoms with van der Waals surface area (Å²) in [5.74, 6) is 0.167. The van der Waals surface area contributed by atoms with E-state index in [1.165, 1.54) is 17.4 Å². The second kappa shape index (κ2) is 3.80. The van der Waals surface area contributed by atoms with Crippen LogP contribution in [0.1, 0.15) is 4.88 Å². The van der Waals surface area contributed by atoms with Gasteiger partial charge in [-0.15, -0.1) is 11.3 Å². The maximum atomic E-state index is 11.2. The molecule has 2 heterocycles. The first-order chi connectivity index (χ1) is 7.09. The van der Waals surface area contributed by atoms with Gasteiger partial charge in [0.1, 0.15) is 16.4 Å². The van der Waals surface area contributed by atoms with Crippen LogP contribution in [0.5, 0.6) is 0 Å². The highest BCUT2D eigenvalue weighted by atomic mass is 32.2. The van der Waals surface area contributed by atoms with Crippen molar-refractivity contribution in [1.29, 1.82) is 0 Å². The van der Waals surface area contributed by atoms with E-state index in [9.17, 15) is 8.42 Å². The minimum absolute atomic E-state index is 0.0109. The van der Waals surface area contributed by atoms with Crippen molar-refractivity contribution in [1.82, 2.24) is 0 Å². The molecule has 0 aromatic carbocycles. The number of hydrogen-bond donors (Lipinski definition) is 1. The molecule has 6 nitrogen and oxygen atoms in total. The van der Waals surface area contributed by atoms with Crippen molar-refractivity contribution in [3.63, 3.8) is 0 Å². The van der Waals surface area contributed by atoms with E-state index < -0.39 is 10.0 Å². The van der Waals surface area contributed by atoms with Crippen molar-refractivity contribution in [3.05, 3.63) is 16.3 Å². The number of hydrogen-bond acceptors (Lipinski definition) is 6. The van der Waals surface area contributed by atoms with E-state index >= 15 is 0 Å². The van der Waals surface area contributed by atoms with Gasteiger partial charge >= 0.3 is 0 Å². The standard InChI is InChI=1S/C7H8N2O4S2/c8-15(10,11)5-1-4-14-6(5)7-9-13-3-2-12-7/h1,4H,2-3H2,(H2,8,10,11). The van der Waals surface area contributed by atoms with Crippen LogP contribution in [0.4, 0.5) is 0 Å². The monoisotopic (exact) mass is 248 g/mol. The molecule has 0 spiro atoms. The Morgan fingerprint density at radius 1 is 1.47 bits per heavy atom. The molecular weight excluding hydrogens is 240 g/mol. The van der Waals surface area contributed by atoms with Crippen molar-refractivity contribution in [2.75, 3.05) is 13.2 Å². The largest absolute Gasteiger partial charge is 0.471 e. The molecule has 2 rings (SSSR count). The van der Waals surface area contributed by atoms with E-state index in [0.717, 1.165) is 0 Å². The zero-order chi connectivity index (χ0) is 10.9. The van der Waals surface area contributed by atoms with Gasteiger partial charge in [0.15, 0.2) is 6.61 Å². The number of sulfonamides is 1. The molecule has 0 fully saturated rings. The van der Waals surface area contributed by atoms with E-state index in [-0.39, 0.29) is 10.8 Å². The molecule has 0 bridgehead atoms. The van der Waals surface area contributed by atoms with Gasteiger partial charge < -0.3 is 9.57 Å².